The molecular weight excluding hydrogens is 272 g/mol. The number of halogens is 2. The predicted molar refractivity (Wildman–Crippen MR) is 63.1 cm³/mol. The molecule has 6 nitrogen and oxygen atoms in total. The quantitative estimate of drug-likeness (QED) is 0.527. The van der Waals surface area contributed by atoms with Crippen LogP contribution in [0.2, 0.25) is 0 Å². The molecule has 1 aromatic carbocycles. The summed E-state index contributed by atoms with van der Waals surface area (Å²) in [5.41, 5.74) is 3.62. The number of rotatable bonds is 2. The lowest BCUT2D eigenvalue weighted by Crippen LogP contribution is -2.49. The van der Waals surface area contributed by atoms with Gasteiger partial charge in [0.1, 0.15) is 0 Å². The fraction of sp³-hybridized carbons (Fsp3) is 0.250. The van der Waals surface area contributed by atoms with Crippen LogP contribution in [0.1, 0.15) is 23.2 Å². The number of amides is 3. The molecule has 0 aliphatic heterocycles. The van der Waals surface area contributed by atoms with Gasteiger partial charge in [-0.2, -0.15) is 0 Å². The Morgan fingerprint density at radius 2 is 1.70 bits per heavy atom. The maximum atomic E-state index is 12.9. The Morgan fingerprint density at radius 3 is 2.30 bits per heavy atom. The first kappa shape index (κ1) is 13.9. The number of benzene rings is 1. The Bertz CT molecular complexity index is 573. The van der Waals surface area contributed by atoms with E-state index in [1.807, 2.05) is 10.9 Å². The van der Waals surface area contributed by atoms with Gasteiger partial charge in [0.25, 0.3) is 5.91 Å². The summed E-state index contributed by atoms with van der Waals surface area (Å²) >= 11 is 0. The van der Waals surface area contributed by atoms with Gasteiger partial charge in [0.2, 0.25) is 0 Å². The number of hydrogen-bond donors (Lipinski definition) is 3. The molecule has 0 bridgehead atoms. The molecule has 1 aliphatic rings. The fourth-order valence-corrected chi connectivity index (χ4v) is 1.36. The van der Waals surface area contributed by atoms with Crippen LogP contribution in [0.15, 0.2) is 18.2 Å². The predicted octanol–water partition coefficient (Wildman–Crippen LogP) is 0.00440. The van der Waals surface area contributed by atoms with Crippen LogP contribution in [0.3, 0.4) is 0 Å². The molecule has 0 unspecified atom stereocenters. The van der Waals surface area contributed by atoms with E-state index in [-0.39, 0.29) is 11.6 Å². The Kier molecular flexibility index (Phi) is 3.92. The van der Waals surface area contributed by atoms with Gasteiger partial charge in [0.05, 0.1) is 0 Å². The minimum absolute atomic E-state index is 0.00939. The van der Waals surface area contributed by atoms with Crippen LogP contribution in [-0.2, 0) is 9.59 Å². The SMILES string of the molecule is O=C(NNC(=O)c1ccc(F)c(F)c1)C(=O)NC1CC1. The molecule has 3 N–H and O–H groups in total. The molecule has 1 aliphatic carbocycles. The molecule has 1 aromatic rings. The highest BCUT2D eigenvalue weighted by atomic mass is 19.2. The van der Waals surface area contributed by atoms with Gasteiger partial charge in [0, 0.05) is 11.6 Å². The van der Waals surface area contributed by atoms with Crippen molar-refractivity contribution >= 4 is 17.7 Å². The normalized spacial score (nSPS) is 13.5. The zero-order valence-electron chi connectivity index (χ0n) is 10.2. The van der Waals surface area contributed by atoms with Crippen molar-refractivity contribution in [1.29, 1.82) is 0 Å². The molecule has 0 heterocycles. The van der Waals surface area contributed by atoms with Crippen LogP contribution in [0.25, 0.3) is 0 Å². The first-order valence-corrected chi connectivity index (χ1v) is 5.83. The molecule has 0 radical (unpaired) electrons. The molecule has 2 rings (SSSR count). The molecule has 1 fully saturated rings. The Hall–Kier alpha value is -2.51. The minimum atomic E-state index is -1.18. The molecule has 0 aromatic heterocycles. The van der Waals surface area contributed by atoms with Gasteiger partial charge in [-0.15, -0.1) is 0 Å². The van der Waals surface area contributed by atoms with E-state index in [9.17, 15) is 23.2 Å². The number of hydrogen-bond acceptors (Lipinski definition) is 3. The standard InChI is InChI=1S/C12H11F2N3O3/c13-8-4-1-6(5-9(8)14)10(18)16-17-12(20)11(19)15-7-2-3-7/h1,4-5,7H,2-3H2,(H,15,19)(H,16,18)(H,17,20). The third-order valence-corrected chi connectivity index (χ3v) is 2.59. The van der Waals surface area contributed by atoms with E-state index >= 15 is 0 Å². The van der Waals surface area contributed by atoms with E-state index in [1.54, 1.807) is 0 Å². The van der Waals surface area contributed by atoms with Crippen LogP contribution in [0.5, 0.6) is 0 Å². The highest BCUT2D eigenvalue weighted by Crippen LogP contribution is 2.18. The number of carbonyl (C=O) groups is 3. The first-order valence-electron chi connectivity index (χ1n) is 5.83. The Balaban J connectivity index is 1.86. The summed E-state index contributed by atoms with van der Waals surface area (Å²) in [6.45, 7) is 0. The van der Waals surface area contributed by atoms with Crippen molar-refractivity contribution in [3.63, 3.8) is 0 Å². The summed E-state index contributed by atoms with van der Waals surface area (Å²) in [6.07, 6.45) is 1.64. The van der Waals surface area contributed by atoms with Gasteiger partial charge in [-0.25, -0.2) is 8.78 Å². The molecule has 106 valence electrons. The Labute approximate surface area is 112 Å². The fourth-order valence-electron chi connectivity index (χ4n) is 1.36. The van der Waals surface area contributed by atoms with E-state index < -0.39 is 29.4 Å². The molecule has 0 spiro atoms. The molecule has 8 heteroatoms. The van der Waals surface area contributed by atoms with Crippen molar-refractivity contribution in [1.82, 2.24) is 16.2 Å². The lowest BCUT2D eigenvalue weighted by Gasteiger charge is -2.07. The lowest BCUT2D eigenvalue weighted by molar-refractivity contribution is -0.139. The molecule has 20 heavy (non-hydrogen) atoms. The van der Waals surface area contributed by atoms with E-state index in [0.717, 1.165) is 25.0 Å². The minimum Gasteiger partial charge on any atom is -0.345 e. The second-order valence-corrected chi connectivity index (χ2v) is 4.28. The summed E-state index contributed by atoms with van der Waals surface area (Å²) in [5.74, 6) is -5.03. The third kappa shape index (κ3) is 3.50. The van der Waals surface area contributed by atoms with Crippen molar-refractivity contribution in [2.24, 2.45) is 0 Å². The largest absolute Gasteiger partial charge is 0.345 e. The van der Waals surface area contributed by atoms with Gasteiger partial charge in [-0.05, 0) is 31.0 Å². The summed E-state index contributed by atoms with van der Waals surface area (Å²) in [4.78, 5) is 34.1. The smallest absolute Gasteiger partial charge is 0.327 e. The van der Waals surface area contributed by atoms with Crippen LogP contribution in [0.4, 0.5) is 8.78 Å². The number of carbonyl (C=O) groups excluding carboxylic acids is 3. The second kappa shape index (κ2) is 5.64. The van der Waals surface area contributed by atoms with E-state index in [4.69, 9.17) is 0 Å². The van der Waals surface area contributed by atoms with Gasteiger partial charge in [0.15, 0.2) is 11.6 Å². The van der Waals surface area contributed by atoms with E-state index in [2.05, 4.69) is 5.32 Å². The molecule has 0 atom stereocenters. The van der Waals surface area contributed by atoms with Crippen LogP contribution < -0.4 is 16.2 Å². The number of hydrazine groups is 1. The second-order valence-electron chi connectivity index (χ2n) is 4.28. The van der Waals surface area contributed by atoms with Gasteiger partial charge in [-0.1, -0.05) is 0 Å². The topological polar surface area (TPSA) is 87.3 Å². The van der Waals surface area contributed by atoms with Crippen molar-refractivity contribution in [3.05, 3.63) is 35.4 Å². The van der Waals surface area contributed by atoms with Crippen LogP contribution in [-0.4, -0.2) is 23.8 Å². The maximum absolute atomic E-state index is 12.9. The summed E-state index contributed by atoms with van der Waals surface area (Å²) in [7, 11) is 0. The summed E-state index contributed by atoms with van der Waals surface area (Å²) in [6, 6.07) is 2.52. The lowest BCUT2D eigenvalue weighted by atomic mass is 10.2. The average Bonchev–Trinajstić information content (AvgIpc) is 3.22. The van der Waals surface area contributed by atoms with Crippen molar-refractivity contribution in [3.8, 4) is 0 Å². The zero-order chi connectivity index (χ0) is 14.7. The van der Waals surface area contributed by atoms with E-state index in [1.165, 1.54) is 0 Å². The van der Waals surface area contributed by atoms with Crippen molar-refractivity contribution in [2.45, 2.75) is 18.9 Å². The third-order valence-electron chi connectivity index (χ3n) is 2.59. The molecule has 1 saturated carbocycles. The van der Waals surface area contributed by atoms with Crippen molar-refractivity contribution < 1.29 is 23.2 Å². The first-order chi connectivity index (χ1) is 9.47. The summed E-state index contributed by atoms with van der Waals surface area (Å²) < 4.78 is 25.6. The maximum Gasteiger partial charge on any atom is 0.327 e. The molecule has 3 amide bonds. The monoisotopic (exact) mass is 283 g/mol. The average molecular weight is 283 g/mol. The zero-order valence-corrected chi connectivity index (χ0v) is 10.2. The van der Waals surface area contributed by atoms with Gasteiger partial charge < -0.3 is 5.32 Å². The molecule has 0 saturated heterocycles. The highest BCUT2D eigenvalue weighted by Gasteiger charge is 2.26. The van der Waals surface area contributed by atoms with Gasteiger partial charge in [-0.3, -0.25) is 25.2 Å². The highest BCUT2D eigenvalue weighted by molar-refractivity contribution is 6.35. The Morgan fingerprint density at radius 1 is 1.00 bits per heavy atom. The van der Waals surface area contributed by atoms with Gasteiger partial charge >= 0.3 is 11.8 Å². The number of nitrogens with one attached hydrogen (secondary N) is 3. The summed E-state index contributed by atoms with van der Waals surface area (Å²) in [5, 5.41) is 2.42. The van der Waals surface area contributed by atoms with E-state index in [0.29, 0.717) is 6.07 Å². The van der Waals surface area contributed by atoms with Crippen LogP contribution >= 0.6 is 0 Å². The van der Waals surface area contributed by atoms with Crippen LogP contribution in [0, 0.1) is 11.6 Å². The molecular formula is C12H11F2N3O3. The van der Waals surface area contributed by atoms with Crippen molar-refractivity contribution in [2.75, 3.05) is 0 Å².